The second-order valence-corrected chi connectivity index (χ2v) is 9.08. The lowest BCUT2D eigenvalue weighted by atomic mass is 10.2. The van der Waals surface area contributed by atoms with E-state index in [1.54, 1.807) is 12.1 Å². The number of furan rings is 1. The average Bonchev–Trinajstić information content (AvgIpc) is 3.54. The summed E-state index contributed by atoms with van der Waals surface area (Å²) >= 11 is 1.44. The number of nitrogens with two attached hydrogens (primary N) is 1. The van der Waals surface area contributed by atoms with Crippen molar-refractivity contribution in [3.63, 3.8) is 0 Å². The summed E-state index contributed by atoms with van der Waals surface area (Å²) in [5.74, 6) is 0.0663. The van der Waals surface area contributed by atoms with E-state index >= 15 is 0 Å². The summed E-state index contributed by atoms with van der Waals surface area (Å²) < 4.78 is 6.72. The van der Waals surface area contributed by atoms with Crippen LogP contribution in [0.2, 0.25) is 0 Å². The van der Waals surface area contributed by atoms with Crippen molar-refractivity contribution in [2.75, 3.05) is 10.6 Å². The summed E-state index contributed by atoms with van der Waals surface area (Å²) in [6.07, 6.45) is 4.49. The Bertz CT molecular complexity index is 1400. The van der Waals surface area contributed by atoms with Crippen molar-refractivity contribution in [1.82, 2.24) is 9.55 Å². The van der Waals surface area contributed by atoms with Crippen molar-refractivity contribution in [3.05, 3.63) is 102 Å². The molecule has 33 heavy (non-hydrogen) atoms. The Balaban J connectivity index is 1.60. The minimum atomic E-state index is -0.717. The van der Waals surface area contributed by atoms with Gasteiger partial charge in [-0.1, -0.05) is 30.3 Å². The maximum absolute atomic E-state index is 13.6. The number of aryl methyl sites for hydroxylation is 2. The van der Waals surface area contributed by atoms with E-state index in [0.717, 1.165) is 24.8 Å². The van der Waals surface area contributed by atoms with Crippen LogP contribution in [0.3, 0.4) is 0 Å². The van der Waals surface area contributed by atoms with Crippen LogP contribution in [0.25, 0.3) is 0 Å². The average molecular weight is 463 g/mol. The predicted molar refractivity (Wildman–Crippen MR) is 127 cm³/mol. The van der Waals surface area contributed by atoms with Gasteiger partial charge in [-0.3, -0.25) is 24.0 Å². The Morgan fingerprint density at radius 2 is 1.97 bits per heavy atom. The lowest BCUT2D eigenvalue weighted by Crippen LogP contribution is -2.40. The van der Waals surface area contributed by atoms with Gasteiger partial charge in [0.1, 0.15) is 11.6 Å². The zero-order valence-electron chi connectivity index (χ0n) is 17.7. The number of benzene rings is 1. The molecule has 0 saturated carbocycles. The van der Waals surface area contributed by atoms with Crippen LogP contribution in [0.1, 0.15) is 37.9 Å². The van der Waals surface area contributed by atoms with Crippen LogP contribution in [0.4, 0.5) is 11.5 Å². The van der Waals surface area contributed by atoms with Gasteiger partial charge in [0.15, 0.2) is 5.69 Å². The first-order valence-corrected chi connectivity index (χ1v) is 11.5. The molecule has 0 fully saturated rings. The van der Waals surface area contributed by atoms with Gasteiger partial charge >= 0.3 is 5.69 Å². The highest BCUT2D eigenvalue weighted by Crippen LogP contribution is 2.33. The number of aromatic amines is 1. The number of aromatic nitrogens is 2. The molecule has 0 saturated heterocycles. The van der Waals surface area contributed by atoms with Crippen molar-refractivity contribution < 1.29 is 9.21 Å². The number of hydrogen-bond acceptors (Lipinski definition) is 6. The van der Waals surface area contributed by atoms with Crippen LogP contribution in [0.15, 0.2) is 68.8 Å². The molecular weight excluding hydrogens is 440 g/mol. The molecule has 1 aliphatic carbocycles. The monoisotopic (exact) mass is 462 g/mol. The third kappa shape index (κ3) is 4.03. The molecule has 0 bridgehead atoms. The van der Waals surface area contributed by atoms with Gasteiger partial charge in [-0.25, -0.2) is 4.79 Å². The fourth-order valence-corrected chi connectivity index (χ4v) is 5.34. The molecule has 1 aromatic carbocycles. The van der Waals surface area contributed by atoms with Crippen molar-refractivity contribution >= 4 is 28.7 Å². The Morgan fingerprint density at radius 3 is 2.70 bits per heavy atom. The molecule has 8 nitrogen and oxygen atoms in total. The molecule has 0 atom stereocenters. The molecular formula is C24H22N4O4S. The van der Waals surface area contributed by atoms with Gasteiger partial charge in [0, 0.05) is 4.88 Å². The third-order valence-electron chi connectivity index (χ3n) is 5.76. The van der Waals surface area contributed by atoms with Gasteiger partial charge in [0.05, 0.1) is 24.2 Å². The van der Waals surface area contributed by atoms with E-state index in [1.165, 1.54) is 37.5 Å². The minimum absolute atomic E-state index is 0.00518. The van der Waals surface area contributed by atoms with Crippen LogP contribution in [-0.4, -0.2) is 15.5 Å². The summed E-state index contributed by atoms with van der Waals surface area (Å²) in [6, 6.07) is 14.6. The van der Waals surface area contributed by atoms with E-state index in [9.17, 15) is 14.4 Å². The van der Waals surface area contributed by atoms with Crippen molar-refractivity contribution in [1.29, 1.82) is 0 Å². The van der Waals surface area contributed by atoms with Crippen molar-refractivity contribution in [2.45, 2.75) is 32.4 Å². The highest BCUT2D eigenvalue weighted by Gasteiger charge is 2.29. The van der Waals surface area contributed by atoms with E-state index in [2.05, 4.69) is 4.98 Å². The van der Waals surface area contributed by atoms with Gasteiger partial charge in [0.25, 0.3) is 11.5 Å². The maximum Gasteiger partial charge on any atom is 0.330 e. The number of rotatable bonds is 6. The molecule has 9 heteroatoms. The SMILES string of the molecule is Nc1c(N(Cc2ccco2)C(=O)c2cc3c(s2)CCC3)c(=O)[nH]c(=O)n1Cc1ccccc1. The summed E-state index contributed by atoms with van der Waals surface area (Å²) in [4.78, 5) is 44.5. The van der Waals surface area contributed by atoms with E-state index in [0.29, 0.717) is 10.6 Å². The first kappa shape index (κ1) is 21.0. The van der Waals surface area contributed by atoms with E-state index in [4.69, 9.17) is 10.2 Å². The van der Waals surface area contributed by atoms with Crippen LogP contribution >= 0.6 is 11.3 Å². The number of amides is 1. The summed E-state index contributed by atoms with van der Waals surface area (Å²) in [5, 5.41) is 0. The number of carbonyl (C=O) groups excluding carboxylic acids is 1. The Morgan fingerprint density at radius 1 is 1.15 bits per heavy atom. The second kappa shape index (κ2) is 8.59. The molecule has 0 radical (unpaired) electrons. The molecule has 3 aromatic heterocycles. The van der Waals surface area contributed by atoms with Gasteiger partial charge in [0.2, 0.25) is 0 Å². The van der Waals surface area contributed by atoms with Gasteiger partial charge in [-0.05, 0) is 48.6 Å². The Labute approximate surface area is 192 Å². The number of nitrogens with one attached hydrogen (secondary N) is 1. The second-order valence-electron chi connectivity index (χ2n) is 7.95. The molecule has 5 rings (SSSR count). The maximum atomic E-state index is 13.6. The molecule has 0 spiro atoms. The van der Waals surface area contributed by atoms with Crippen LogP contribution in [0, 0.1) is 0 Å². The largest absolute Gasteiger partial charge is 0.467 e. The normalized spacial score (nSPS) is 12.6. The highest BCUT2D eigenvalue weighted by molar-refractivity contribution is 7.14. The van der Waals surface area contributed by atoms with E-state index in [-0.39, 0.29) is 30.5 Å². The Hall–Kier alpha value is -3.85. The van der Waals surface area contributed by atoms with Gasteiger partial charge in [-0.2, -0.15) is 0 Å². The summed E-state index contributed by atoms with van der Waals surface area (Å²) in [7, 11) is 0. The lowest BCUT2D eigenvalue weighted by Gasteiger charge is -2.23. The fourth-order valence-electron chi connectivity index (χ4n) is 4.14. The van der Waals surface area contributed by atoms with Crippen molar-refractivity contribution in [2.24, 2.45) is 0 Å². The molecule has 0 unspecified atom stereocenters. The van der Waals surface area contributed by atoms with Crippen LogP contribution < -0.4 is 21.9 Å². The molecule has 3 N–H and O–H groups in total. The topological polar surface area (TPSA) is 114 Å². The number of thiophene rings is 1. The standard InChI is InChI=1S/C24H22N4O4S/c25-21-20(22(29)26-24(31)28(21)13-15-6-2-1-3-7-15)27(14-17-9-5-11-32-17)23(30)19-12-16-8-4-10-18(16)33-19/h1-3,5-7,9,11-12H,4,8,10,13-14,25H2,(H,26,29,31). The van der Waals surface area contributed by atoms with E-state index < -0.39 is 11.2 Å². The smallest absolute Gasteiger partial charge is 0.330 e. The van der Waals surface area contributed by atoms with Crippen LogP contribution in [0.5, 0.6) is 0 Å². The number of fused-ring (bicyclic) bond motifs is 1. The fraction of sp³-hybridized carbons (Fsp3) is 0.208. The van der Waals surface area contributed by atoms with Crippen molar-refractivity contribution in [3.8, 4) is 0 Å². The molecule has 1 aliphatic rings. The minimum Gasteiger partial charge on any atom is -0.467 e. The lowest BCUT2D eigenvalue weighted by molar-refractivity contribution is 0.0986. The number of nitrogens with zero attached hydrogens (tertiary/aromatic N) is 2. The van der Waals surface area contributed by atoms with Gasteiger partial charge in [-0.15, -0.1) is 11.3 Å². The first-order chi connectivity index (χ1) is 16.0. The summed E-state index contributed by atoms with van der Waals surface area (Å²) in [5.41, 5.74) is 6.97. The van der Waals surface area contributed by atoms with Gasteiger partial charge < -0.3 is 10.2 Å². The summed E-state index contributed by atoms with van der Waals surface area (Å²) in [6.45, 7) is 0.163. The number of hydrogen-bond donors (Lipinski definition) is 2. The first-order valence-electron chi connectivity index (χ1n) is 10.6. The third-order valence-corrected chi connectivity index (χ3v) is 6.99. The highest BCUT2D eigenvalue weighted by atomic mass is 32.1. The number of carbonyl (C=O) groups is 1. The number of anilines is 2. The quantitative estimate of drug-likeness (QED) is 0.457. The zero-order chi connectivity index (χ0) is 22.9. The zero-order valence-corrected chi connectivity index (χ0v) is 18.6. The molecule has 0 aliphatic heterocycles. The molecule has 1 amide bonds. The molecule has 3 heterocycles. The molecule has 4 aromatic rings. The van der Waals surface area contributed by atoms with Crippen LogP contribution in [-0.2, 0) is 25.9 Å². The number of nitrogen functional groups attached to an aromatic ring is 1. The Kier molecular flexibility index (Phi) is 5.47. The molecule has 168 valence electrons. The predicted octanol–water partition coefficient (Wildman–Crippen LogP) is 3.16. The van der Waals surface area contributed by atoms with E-state index in [1.807, 2.05) is 36.4 Å². The number of H-pyrrole nitrogens is 1.